The van der Waals surface area contributed by atoms with Crippen LogP contribution in [-0.2, 0) is 0 Å². The standard InChI is InChI=1S/C14H16N6O/c1-10-6-16-12(9-15-10)13(21)19-11-7-17-14(18-8-11)20-4-2-3-5-20/h6-9H,2-5H2,1H3,(H,19,21). The second kappa shape index (κ2) is 5.82. The fourth-order valence-corrected chi connectivity index (χ4v) is 2.17. The van der Waals surface area contributed by atoms with E-state index in [-0.39, 0.29) is 11.6 Å². The maximum absolute atomic E-state index is 12.0. The van der Waals surface area contributed by atoms with E-state index in [4.69, 9.17) is 0 Å². The molecular formula is C14H16N6O. The molecule has 1 aliphatic rings. The van der Waals surface area contributed by atoms with Gasteiger partial charge in [-0.3, -0.25) is 9.78 Å². The van der Waals surface area contributed by atoms with Crippen molar-refractivity contribution in [1.29, 1.82) is 0 Å². The predicted molar refractivity (Wildman–Crippen MR) is 78.2 cm³/mol. The summed E-state index contributed by atoms with van der Waals surface area (Å²) in [7, 11) is 0. The first-order valence-electron chi connectivity index (χ1n) is 6.89. The topological polar surface area (TPSA) is 83.9 Å². The minimum absolute atomic E-state index is 0.268. The van der Waals surface area contributed by atoms with E-state index in [9.17, 15) is 4.79 Å². The van der Waals surface area contributed by atoms with Gasteiger partial charge < -0.3 is 10.2 Å². The summed E-state index contributed by atoms with van der Waals surface area (Å²) in [5.74, 6) is 0.389. The molecule has 0 aromatic carbocycles. The van der Waals surface area contributed by atoms with Crippen molar-refractivity contribution < 1.29 is 4.79 Å². The van der Waals surface area contributed by atoms with Crippen LogP contribution < -0.4 is 10.2 Å². The van der Waals surface area contributed by atoms with Crippen LogP contribution in [0.4, 0.5) is 11.6 Å². The van der Waals surface area contributed by atoms with Gasteiger partial charge in [0.05, 0.1) is 30.0 Å². The number of nitrogens with zero attached hydrogens (tertiary/aromatic N) is 5. The minimum atomic E-state index is -0.319. The highest BCUT2D eigenvalue weighted by Crippen LogP contribution is 2.16. The van der Waals surface area contributed by atoms with Crippen LogP contribution >= 0.6 is 0 Å². The van der Waals surface area contributed by atoms with Crippen LogP contribution in [0.1, 0.15) is 29.0 Å². The summed E-state index contributed by atoms with van der Waals surface area (Å²) < 4.78 is 0. The highest BCUT2D eigenvalue weighted by atomic mass is 16.1. The number of rotatable bonds is 3. The Morgan fingerprint density at radius 1 is 1.05 bits per heavy atom. The van der Waals surface area contributed by atoms with Gasteiger partial charge in [-0.15, -0.1) is 0 Å². The smallest absolute Gasteiger partial charge is 0.275 e. The zero-order valence-corrected chi connectivity index (χ0v) is 11.8. The molecule has 0 radical (unpaired) electrons. The summed E-state index contributed by atoms with van der Waals surface area (Å²) in [6.07, 6.45) is 8.58. The molecule has 2 aromatic heterocycles. The molecule has 0 saturated carbocycles. The summed E-state index contributed by atoms with van der Waals surface area (Å²) in [5, 5.41) is 2.71. The maximum atomic E-state index is 12.0. The van der Waals surface area contributed by atoms with Gasteiger partial charge in [-0.1, -0.05) is 0 Å². The van der Waals surface area contributed by atoms with E-state index in [1.165, 1.54) is 19.0 Å². The molecule has 108 valence electrons. The SMILES string of the molecule is Cc1cnc(C(=O)Nc2cnc(N3CCCC3)nc2)cn1. The van der Waals surface area contributed by atoms with E-state index in [2.05, 4.69) is 30.2 Å². The number of aryl methyl sites for hydroxylation is 1. The van der Waals surface area contributed by atoms with Crippen LogP contribution in [0.3, 0.4) is 0 Å². The van der Waals surface area contributed by atoms with Crippen molar-refractivity contribution in [3.63, 3.8) is 0 Å². The third-order valence-corrected chi connectivity index (χ3v) is 3.30. The Morgan fingerprint density at radius 3 is 2.38 bits per heavy atom. The van der Waals surface area contributed by atoms with Gasteiger partial charge in [-0.2, -0.15) is 0 Å². The van der Waals surface area contributed by atoms with Gasteiger partial charge in [0, 0.05) is 19.3 Å². The molecule has 1 saturated heterocycles. The van der Waals surface area contributed by atoms with Gasteiger partial charge in [0.1, 0.15) is 5.69 Å². The lowest BCUT2D eigenvalue weighted by molar-refractivity contribution is 0.102. The first-order chi connectivity index (χ1) is 10.2. The van der Waals surface area contributed by atoms with E-state index < -0.39 is 0 Å². The molecule has 0 bridgehead atoms. The van der Waals surface area contributed by atoms with Crippen LogP contribution in [0.2, 0.25) is 0 Å². The molecule has 1 amide bonds. The van der Waals surface area contributed by atoms with Crippen molar-refractivity contribution >= 4 is 17.5 Å². The first-order valence-corrected chi connectivity index (χ1v) is 6.89. The largest absolute Gasteiger partial charge is 0.341 e. The molecule has 3 heterocycles. The number of hydrogen-bond acceptors (Lipinski definition) is 6. The Bertz CT molecular complexity index is 619. The molecule has 7 heteroatoms. The Hall–Kier alpha value is -2.57. The average molecular weight is 284 g/mol. The van der Waals surface area contributed by atoms with Crippen LogP contribution in [0.25, 0.3) is 0 Å². The second-order valence-electron chi connectivity index (χ2n) is 4.96. The zero-order valence-electron chi connectivity index (χ0n) is 11.8. The van der Waals surface area contributed by atoms with Crippen molar-refractivity contribution in [2.45, 2.75) is 19.8 Å². The highest BCUT2D eigenvalue weighted by Gasteiger charge is 2.15. The summed E-state index contributed by atoms with van der Waals surface area (Å²) in [6, 6.07) is 0. The normalized spacial score (nSPS) is 14.2. The quantitative estimate of drug-likeness (QED) is 0.918. The van der Waals surface area contributed by atoms with Crippen molar-refractivity contribution in [1.82, 2.24) is 19.9 Å². The van der Waals surface area contributed by atoms with Gasteiger partial charge in [0.15, 0.2) is 0 Å². The number of amides is 1. The van der Waals surface area contributed by atoms with Crippen molar-refractivity contribution in [3.05, 3.63) is 36.2 Å². The molecule has 0 aliphatic carbocycles. The lowest BCUT2D eigenvalue weighted by Gasteiger charge is -2.14. The number of anilines is 2. The Labute approximate surface area is 122 Å². The molecule has 1 fully saturated rings. The molecule has 0 atom stereocenters. The predicted octanol–water partition coefficient (Wildman–Crippen LogP) is 1.43. The zero-order chi connectivity index (χ0) is 14.7. The van der Waals surface area contributed by atoms with Gasteiger partial charge in [0.25, 0.3) is 5.91 Å². The van der Waals surface area contributed by atoms with Crippen LogP contribution in [-0.4, -0.2) is 38.9 Å². The number of aromatic nitrogens is 4. The van der Waals surface area contributed by atoms with Crippen molar-refractivity contribution in [3.8, 4) is 0 Å². The maximum Gasteiger partial charge on any atom is 0.275 e. The van der Waals surface area contributed by atoms with E-state index in [1.54, 1.807) is 18.6 Å². The summed E-state index contributed by atoms with van der Waals surface area (Å²) in [6.45, 7) is 3.80. The van der Waals surface area contributed by atoms with Gasteiger partial charge in [-0.05, 0) is 19.8 Å². The summed E-state index contributed by atoms with van der Waals surface area (Å²) >= 11 is 0. The summed E-state index contributed by atoms with van der Waals surface area (Å²) in [5.41, 5.74) is 1.58. The number of hydrogen-bond donors (Lipinski definition) is 1. The molecule has 2 aromatic rings. The lowest BCUT2D eigenvalue weighted by atomic mass is 10.4. The highest BCUT2D eigenvalue weighted by molar-refractivity contribution is 6.02. The minimum Gasteiger partial charge on any atom is -0.341 e. The third-order valence-electron chi connectivity index (χ3n) is 3.30. The van der Waals surface area contributed by atoms with E-state index in [1.807, 2.05) is 6.92 Å². The fraction of sp³-hybridized carbons (Fsp3) is 0.357. The number of nitrogens with one attached hydrogen (secondary N) is 1. The van der Waals surface area contributed by atoms with Crippen LogP contribution in [0.5, 0.6) is 0 Å². The molecule has 3 rings (SSSR count). The van der Waals surface area contributed by atoms with Crippen LogP contribution in [0, 0.1) is 6.92 Å². The Morgan fingerprint density at radius 2 is 1.76 bits per heavy atom. The van der Waals surface area contributed by atoms with Gasteiger partial charge in [0.2, 0.25) is 5.95 Å². The van der Waals surface area contributed by atoms with E-state index in [0.29, 0.717) is 11.6 Å². The fourth-order valence-electron chi connectivity index (χ4n) is 2.17. The molecule has 0 unspecified atom stereocenters. The summed E-state index contributed by atoms with van der Waals surface area (Å²) in [4.78, 5) is 30.8. The first kappa shape index (κ1) is 13.4. The lowest BCUT2D eigenvalue weighted by Crippen LogP contribution is -2.20. The molecule has 21 heavy (non-hydrogen) atoms. The molecule has 0 spiro atoms. The monoisotopic (exact) mass is 284 g/mol. The molecule has 7 nitrogen and oxygen atoms in total. The third kappa shape index (κ3) is 3.13. The van der Waals surface area contributed by atoms with Gasteiger partial charge >= 0.3 is 0 Å². The number of carbonyl (C=O) groups excluding carboxylic acids is 1. The Balaban J connectivity index is 1.67. The molecule has 1 N–H and O–H groups in total. The molecule has 1 aliphatic heterocycles. The van der Waals surface area contributed by atoms with Gasteiger partial charge in [-0.25, -0.2) is 15.0 Å². The average Bonchev–Trinajstić information content (AvgIpc) is 3.03. The Kier molecular flexibility index (Phi) is 3.72. The van der Waals surface area contributed by atoms with Crippen molar-refractivity contribution in [2.75, 3.05) is 23.3 Å². The van der Waals surface area contributed by atoms with E-state index in [0.717, 1.165) is 18.8 Å². The van der Waals surface area contributed by atoms with Crippen molar-refractivity contribution in [2.24, 2.45) is 0 Å². The van der Waals surface area contributed by atoms with E-state index >= 15 is 0 Å². The number of carbonyl (C=O) groups is 1. The molecular weight excluding hydrogens is 268 g/mol. The second-order valence-corrected chi connectivity index (χ2v) is 4.96. The van der Waals surface area contributed by atoms with Crippen LogP contribution in [0.15, 0.2) is 24.8 Å².